The Morgan fingerprint density at radius 2 is 1.96 bits per heavy atom. The van der Waals surface area contributed by atoms with Crippen LogP contribution in [0.15, 0.2) is 42.5 Å². The van der Waals surface area contributed by atoms with Crippen molar-refractivity contribution >= 4 is 33.2 Å². The van der Waals surface area contributed by atoms with E-state index in [0.29, 0.717) is 28.6 Å². The minimum atomic E-state index is -3.70. The lowest BCUT2D eigenvalue weighted by Crippen LogP contribution is -2.49. The lowest BCUT2D eigenvalue weighted by molar-refractivity contribution is -0.122. The molecule has 0 saturated carbocycles. The van der Waals surface area contributed by atoms with Crippen LogP contribution in [0.5, 0.6) is 11.5 Å². The first-order valence-electron chi connectivity index (χ1n) is 8.71. The summed E-state index contributed by atoms with van der Waals surface area (Å²) in [6.07, 6.45) is 1.37. The van der Waals surface area contributed by atoms with Crippen LogP contribution < -0.4 is 19.1 Å². The van der Waals surface area contributed by atoms with Crippen molar-refractivity contribution in [1.29, 1.82) is 0 Å². The van der Waals surface area contributed by atoms with Crippen LogP contribution in [0.25, 0.3) is 0 Å². The fourth-order valence-electron chi connectivity index (χ4n) is 3.03. The van der Waals surface area contributed by atoms with Crippen LogP contribution in [0.4, 0.5) is 5.69 Å². The highest BCUT2D eigenvalue weighted by molar-refractivity contribution is 7.92. The summed E-state index contributed by atoms with van der Waals surface area (Å²) in [5, 5.41) is 3.19. The Hall–Kier alpha value is -2.45. The summed E-state index contributed by atoms with van der Waals surface area (Å²) in [4.78, 5) is 12.8. The molecular weight excluding hydrogens is 404 g/mol. The number of sulfonamides is 1. The van der Waals surface area contributed by atoms with Gasteiger partial charge in [0.25, 0.3) is 0 Å². The number of hydrogen-bond donors (Lipinski definition) is 1. The molecule has 1 amide bonds. The fraction of sp³-hybridized carbons (Fsp3) is 0.316. The third-order valence-corrected chi connectivity index (χ3v) is 5.71. The molecule has 0 bridgehead atoms. The van der Waals surface area contributed by atoms with Crippen molar-refractivity contribution in [3.63, 3.8) is 0 Å². The molecule has 150 valence electrons. The smallest absolute Gasteiger partial charge is 0.244 e. The normalized spacial score (nSPS) is 13.8. The van der Waals surface area contributed by atoms with Gasteiger partial charge in [-0.1, -0.05) is 30.7 Å². The highest BCUT2D eigenvalue weighted by atomic mass is 35.5. The number of carbonyl (C=O) groups excluding carboxylic acids is 1. The first-order chi connectivity index (χ1) is 13.3. The molecule has 7 nitrogen and oxygen atoms in total. The van der Waals surface area contributed by atoms with Crippen molar-refractivity contribution < 1.29 is 22.7 Å². The van der Waals surface area contributed by atoms with Gasteiger partial charge in [0.15, 0.2) is 11.5 Å². The van der Waals surface area contributed by atoms with Crippen molar-refractivity contribution in [3.05, 3.63) is 53.1 Å². The molecule has 1 N–H and O–H groups in total. The number of benzene rings is 2. The van der Waals surface area contributed by atoms with Crippen molar-refractivity contribution in [3.8, 4) is 11.5 Å². The van der Waals surface area contributed by atoms with Gasteiger partial charge in [0.1, 0.15) is 6.04 Å². The second-order valence-corrected chi connectivity index (χ2v) is 8.66. The summed E-state index contributed by atoms with van der Waals surface area (Å²) in [5.41, 5.74) is 1.17. The van der Waals surface area contributed by atoms with Gasteiger partial charge < -0.3 is 14.8 Å². The van der Waals surface area contributed by atoms with Crippen LogP contribution in [0.3, 0.4) is 0 Å². The summed E-state index contributed by atoms with van der Waals surface area (Å²) in [6, 6.07) is 10.9. The Kier molecular flexibility index (Phi) is 6.00. The lowest BCUT2D eigenvalue weighted by atomic mass is 10.1. The standard InChI is InChI=1S/C19H21ClN2O5S/c1-3-16(22(28(2,24)25)15-6-4-5-14(20)10-15)19(23)21-11-13-7-8-17-18(9-13)27-12-26-17/h4-10,16H,3,11-12H2,1-2H3,(H,21,23)/t16-/m1/s1. The number of carbonyl (C=O) groups is 1. The van der Waals surface area contributed by atoms with Gasteiger partial charge in [0.05, 0.1) is 11.9 Å². The maximum Gasteiger partial charge on any atom is 0.244 e. The second kappa shape index (κ2) is 8.28. The van der Waals surface area contributed by atoms with Gasteiger partial charge in [-0.25, -0.2) is 8.42 Å². The molecule has 1 aliphatic rings. The van der Waals surface area contributed by atoms with Gasteiger partial charge in [-0.2, -0.15) is 0 Å². The van der Waals surface area contributed by atoms with Gasteiger partial charge in [0, 0.05) is 11.6 Å². The number of nitrogens with zero attached hydrogens (tertiary/aromatic N) is 1. The Balaban J connectivity index is 1.78. The molecule has 3 rings (SSSR count). The topological polar surface area (TPSA) is 84.9 Å². The fourth-order valence-corrected chi connectivity index (χ4v) is 4.42. The van der Waals surface area contributed by atoms with Crippen molar-refractivity contribution in [1.82, 2.24) is 5.32 Å². The maximum atomic E-state index is 12.8. The molecular formula is C19H21ClN2O5S. The predicted octanol–water partition coefficient (Wildman–Crippen LogP) is 2.93. The molecule has 1 aliphatic heterocycles. The number of halogens is 1. The van der Waals surface area contributed by atoms with Crippen LogP contribution in [-0.2, 0) is 21.4 Å². The van der Waals surface area contributed by atoms with E-state index in [4.69, 9.17) is 21.1 Å². The zero-order chi connectivity index (χ0) is 20.3. The number of ether oxygens (including phenoxy) is 2. The molecule has 0 saturated heterocycles. The largest absolute Gasteiger partial charge is 0.454 e. The number of nitrogens with one attached hydrogen (secondary N) is 1. The van der Waals surface area contributed by atoms with Crippen molar-refractivity contribution in [2.45, 2.75) is 25.9 Å². The Morgan fingerprint density at radius 3 is 2.64 bits per heavy atom. The zero-order valence-electron chi connectivity index (χ0n) is 15.5. The van der Waals surface area contributed by atoms with Gasteiger partial charge >= 0.3 is 0 Å². The molecule has 2 aromatic rings. The summed E-state index contributed by atoms with van der Waals surface area (Å²) in [6.45, 7) is 2.17. The summed E-state index contributed by atoms with van der Waals surface area (Å²) < 4.78 is 36.6. The molecule has 9 heteroatoms. The van der Waals surface area contributed by atoms with Crippen LogP contribution in [-0.4, -0.2) is 33.4 Å². The first kappa shape index (κ1) is 20.3. The molecule has 28 heavy (non-hydrogen) atoms. The van der Waals surface area contributed by atoms with E-state index in [1.807, 2.05) is 6.07 Å². The van der Waals surface area contributed by atoms with E-state index in [2.05, 4.69) is 5.32 Å². The monoisotopic (exact) mass is 424 g/mol. The predicted molar refractivity (Wildman–Crippen MR) is 107 cm³/mol. The van der Waals surface area contributed by atoms with Crippen molar-refractivity contribution in [2.24, 2.45) is 0 Å². The number of fused-ring (bicyclic) bond motifs is 1. The van der Waals surface area contributed by atoms with Crippen molar-refractivity contribution in [2.75, 3.05) is 17.4 Å². The second-order valence-electron chi connectivity index (χ2n) is 6.37. The lowest BCUT2D eigenvalue weighted by Gasteiger charge is -2.30. The summed E-state index contributed by atoms with van der Waals surface area (Å²) >= 11 is 6.01. The minimum Gasteiger partial charge on any atom is -0.454 e. The van der Waals surface area contributed by atoms with Gasteiger partial charge in [-0.05, 0) is 42.3 Å². The molecule has 0 radical (unpaired) electrons. The molecule has 2 aromatic carbocycles. The number of amides is 1. The average molecular weight is 425 g/mol. The average Bonchev–Trinajstić information content (AvgIpc) is 3.10. The summed E-state index contributed by atoms with van der Waals surface area (Å²) in [7, 11) is -3.70. The number of rotatable bonds is 7. The first-order valence-corrected chi connectivity index (χ1v) is 10.9. The van der Waals surface area contributed by atoms with E-state index in [-0.39, 0.29) is 13.3 Å². The van der Waals surface area contributed by atoms with E-state index in [9.17, 15) is 13.2 Å². The van der Waals surface area contributed by atoms with E-state index in [1.54, 1.807) is 37.3 Å². The van der Waals surface area contributed by atoms with Crippen LogP contribution in [0.1, 0.15) is 18.9 Å². The molecule has 0 aromatic heterocycles. The van der Waals surface area contributed by atoms with Crippen LogP contribution in [0, 0.1) is 0 Å². The van der Waals surface area contributed by atoms with E-state index >= 15 is 0 Å². The van der Waals surface area contributed by atoms with Crippen LogP contribution in [0.2, 0.25) is 5.02 Å². The van der Waals surface area contributed by atoms with Gasteiger partial charge in [-0.15, -0.1) is 0 Å². The van der Waals surface area contributed by atoms with E-state index < -0.39 is 22.0 Å². The molecule has 0 fully saturated rings. The third kappa shape index (κ3) is 4.51. The highest BCUT2D eigenvalue weighted by Crippen LogP contribution is 2.32. The quantitative estimate of drug-likeness (QED) is 0.738. The molecule has 0 unspecified atom stereocenters. The number of hydrogen-bond acceptors (Lipinski definition) is 5. The Bertz CT molecular complexity index is 980. The highest BCUT2D eigenvalue weighted by Gasteiger charge is 2.31. The van der Waals surface area contributed by atoms with Crippen LogP contribution >= 0.6 is 11.6 Å². The van der Waals surface area contributed by atoms with E-state index in [0.717, 1.165) is 16.1 Å². The molecule has 0 spiro atoms. The van der Waals surface area contributed by atoms with Gasteiger partial charge in [-0.3, -0.25) is 9.10 Å². The SMILES string of the molecule is CC[C@H](C(=O)NCc1ccc2c(c1)OCO2)N(c1cccc(Cl)c1)S(C)(=O)=O. The summed E-state index contributed by atoms with van der Waals surface area (Å²) in [5.74, 6) is 0.881. The Morgan fingerprint density at radius 1 is 1.21 bits per heavy atom. The zero-order valence-corrected chi connectivity index (χ0v) is 17.1. The van der Waals surface area contributed by atoms with E-state index in [1.165, 1.54) is 6.07 Å². The van der Waals surface area contributed by atoms with Gasteiger partial charge in [0.2, 0.25) is 22.7 Å². The maximum absolute atomic E-state index is 12.8. The Labute approximate surface area is 169 Å². The third-order valence-electron chi connectivity index (χ3n) is 4.30. The number of anilines is 1. The molecule has 0 aliphatic carbocycles. The minimum absolute atomic E-state index is 0.173. The molecule has 1 heterocycles. The molecule has 1 atom stereocenters.